The second-order valence-corrected chi connectivity index (χ2v) is 5.76. The quantitative estimate of drug-likeness (QED) is 0.666. The van der Waals surface area contributed by atoms with Crippen LogP contribution in [0.1, 0.15) is 37.5 Å². The number of hydrogen-bond donors (Lipinski definition) is 1. The molecule has 20 heavy (non-hydrogen) atoms. The lowest BCUT2D eigenvalue weighted by Gasteiger charge is -2.18. The number of nitrogens with one attached hydrogen (secondary N) is 1. The van der Waals surface area contributed by atoms with E-state index in [4.69, 9.17) is 4.74 Å². The Kier molecular flexibility index (Phi) is 3.20. The molecule has 1 aromatic carbocycles. The van der Waals surface area contributed by atoms with Gasteiger partial charge in [0.05, 0.1) is 10.5 Å². The van der Waals surface area contributed by atoms with E-state index in [1.165, 1.54) is 6.92 Å². The molecule has 1 heterocycles. The monoisotopic (exact) mass is 278 g/mol. The summed E-state index contributed by atoms with van der Waals surface area (Å²) in [5.41, 5.74) is 1.82. The molecule has 1 aromatic rings. The van der Waals surface area contributed by atoms with Crippen molar-refractivity contribution in [2.24, 2.45) is 0 Å². The zero-order chi connectivity index (χ0) is 15.2. The van der Waals surface area contributed by atoms with Gasteiger partial charge in [-0.15, -0.1) is 0 Å². The third-order valence-electron chi connectivity index (χ3n) is 3.54. The minimum Gasteiger partial charge on any atom is -0.487 e. The second kappa shape index (κ2) is 4.47. The average Bonchev–Trinajstić information content (AvgIpc) is 2.60. The summed E-state index contributed by atoms with van der Waals surface area (Å²) in [6.07, 6.45) is 0.451. The molecule has 2 rings (SSSR count). The minimum absolute atomic E-state index is 0.0520. The zero-order valence-corrected chi connectivity index (χ0v) is 12.3. The Balaban J connectivity index is 2.76. The highest BCUT2D eigenvalue weighted by atomic mass is 16.6. The molecule has 1 amide bonds. The fourth-order valence-corrected chi connectivity index (χ4v) is 2.59. The zero-order valence-electron chi connectivity index (χ0n) is 12.3. The molecule has 1 aliphatic heterocycles. The fraction of sp³-hybridized carbons (Fsp3) is 0.500. The van der Waals surface area contributed by atoms with Gasteiger partial charge < -0.3 is 10.1 Å². The maximum Gasteiger partial charge on any atom is 0.300 e. The summed E-state index contributed by atoms with van der Waals surface area (Å²) in [4.78, 5) is 22.3. The predicted octanol–water partition coefficient (Wildman–Crippen LogP) is 2.88. The van der Waals surface area contributed by atoms with Crippen molar-refractivity contribution in [2.45, 2.75) is 46.6 Å². The number of nitro groups is 1. The van der Waals surface area contributed by atoms with Crippen molar-refractivity contribution >= 4 is 17.3 Å². The Morgan fingerprint density at radius 3 is 2.45 bits per heavy atom. The summed E-state index contributed by atoms with van der Waals surface area (Å²) in [5.74, 6) is 0.252. The third-order valence-corrected chi connectivity index (χ3v) is 3.54. The first kappa shape index (κ1) is 14.3. The first-order valence-electron chi connectivity index (χ1n) is 6.41. The summed E-state index contributed by atoms with van der Waals surface area (Å²) < 4.78 is 5.84. The molecule has 0 spiro atoms. The Morgan fingerprint density at radius 2 is 1.95 bits per heavy atom. The Bertz CT molecular complexity index is 620. The van der Waals surface area contributed by atoms with Crippen molar-refractivity contribution in [1.82, 2.24) is 0 Å². The molecule has 6 heteroatoms. The molecule has 0 bridgehead atoms. The maximum absolute atomic E-state index is 11.4. The van der Waals surface area contributed by atoms with E-state index in [0.717, 1.165) is 5.56 Å². The van der Waals surface area contributed by atoms with Crippen LogP contribution in [0.4, 0.5) is 11.4 Å². The molecule has 0 aromatic heterocycles. The number of hydrogen-bond acceptors (Lipinski definition) is 4. The summed E-state index contributed by atoms with van der Waals surface area (Å²) >= 11 is 0. The maximum atomic E-state index is 11.4. The van der Waals surface area contributed by atoms with Crippen LogP contribution in [0.3, 0.4) is 0 Å². The molecule has 0 fully saturated rings. The molecular formula is C14H18N2O4. The Morgan fingerprint density at radius 1 is 1.35 bits per heavy atom. The van der Waals surface area contributed by atoms with Gasteiger partial charge in [0.15, 0.2) is 0 Å². The van der Waals surface area contributed by atoms with E-state index in [1.807, 2.05) is 20.8 Å². The minimum atomic E-state index is -0.473. The molecule has 108 valence electrons. The number of fused-ring (bicyclic) bond motifs is 1. The van der Waals surface area contributed by atoms with Crippen molar-refractivity contribution in [3.05, 3.63) is 26.8 Å². The van der Waals surface area contributed by atoms with Crippen LogP contribution >= 0.6 is 0 Å². The number of amides is 1. The lowest BCUT2D eigenvalue weighted by molar-refractivity contribution is -0.384. The molecule has 1 aliphatic rings. The summed E-state index contributed by atoms with van der Waals surface area (Å²) in [5, 5.41) is 14.0. The standard InChI is InChI=1S/C14H18N2O4/c1-7-8(2)13-10(6-14(4,5)20-13)12(16(18)19)11(7)15-9(3)17/h6H2,1-5H3,(H,15,17). The number of nitro benzene ring substituents is 1. The summed E-state index contributed by atoms with van der Waals surface area (Å²) in [7, 11) is 0. The number of carbonyl (C=O) groups excluding carboxylic acids is 1. The van der Waals surface area contributed by atoms with E-state index in [2.05, 4.69) is 5.32 Å². The molecule has 6 nitrogen and oxygen atoms in total. The summed E-state index contributed by atoms with van der Waals surface area (Å²) in [6.45, 7) is 8.73. The van der Waals surface area contributed by atoms with E-state index in [-0.39, 0.29) is 17.3 Å². The van der Waals surface area contributed by atoms with Gasteiger partial charge in [-0.25, -0.2) is 0 Å². The van der Waals surface area contributed by atoms with Crippen molar-refractivity contribution in [3.63, 3.8) is 0 Å². The number of anilines is 1. The van der Waals surface area contributed by atoms with Crippen molar-refractivity contribution in [3.8, 4) is 5.75 Å². The van der Waals surface area contributed by atoms with Gasteiger partial charge in [0, 0.05) is 13.3 Å². The molecule has 0 unspecified atom stereocenters. The number of benzene rings is 1. The van der Waals surface area contributed by atoms with Crippen LogP contribution in [-0.2, 0) is 11.2 Å². The van der Waals surface area contributed by atoms with Gasteiger partial charge in [-0.05, 0) is 38.8 Å². The molecular weight excluding hydrogens is 260 g/mol. The van der Waals surface area contributed by atoms with Gasteiger partial charge in [-0.3, -0.25) is 14.9 Å². The van der Waals surface area contributed by atoms with Gasteiger partial charge in [0.2, 0.25) is 5.91 Å². The Labute approximate surface area is 117 Å². The van der Waals surface area contributed by atoms with Crippen LogP contribution < -0.4 is 10.1 Å². The topological polar surface area (TPSA) is 81.5 Å². The van der Waals surface area contributed by atoms with E-state index in [1.54, 1.807) is 6.92 Å². The molecule has 0 aliphatic carbocycles. The highest BCUT2D eigenvalue weighted by Gasteiger charge is 2.39. The molecule has 1 N–H and O–H groups in total. The van der Waals surface area contributed by atoms with E-state index < -0.39 is 10.5 Å². The number of nitrogens with zero attached hydrogens (tertiary/aromatic N) is 1. The highest BCUT2D eigenvalue weighted by Crippen LogP contribution is 2.48. The van der Waals surface area contributed by atoms with E-state index >= 15 is 0 Å². The van der Waals surface area contributed by atoms with Crippen molar-refractivity contribution in [1.29, 1.82) is 0 Å². The lowest BCUT2D eigenvalue weighted by Crippen LogP contribution is -2.24. The van der Waals surface area contributed by atoms with Gasteiger partial charge >= 0.3 is 0 Å². The number of rotatable bonds is 2. The van der Waals surface area contributed by atoms with Crippen LogP contribution in [0.15, 0.2) is 0 Å². The first-order chi connectivity index (χ1) is 9.14. The second-order valence-electron chi connectivity index (χ2n) is 5.76. The van der Waals surface area contributed by atoms with E-state index in [9.17, 15) is 14.9 Å². The normalized spacial score (nSPS) is 15.4. The van der Waals surface area contributed by atoms with Crippen molar-refractivity contribution in [2.75, 3.05) is 5.32 Å². The molecule has 0 atom stereocenters. The van der Waals surface area contributed by atoms with Gasteiger partial charge in [-0.1, -0.05) is 0 Å². The van der Waals surface area contributed by atoms with Crippen LogP contribution in [0.2, 0.25) is 0 Å². The predicted molar refractivity (Wildman–Crippen MR) is 75.3 cm³/mol. The van der Waals surface area contributed by atoms with Gasteiger partial charge in [0.1, 0.15) is 17.0 Å². The average molecular weight is 278 g/mol. The third kappa shape index (κ3) is 2.21. The van der Waals surface area contributed by atoms with Crippen LogP contribution in [0, 0.1) is 24.0 Å². The van der Waals surface area contributed by atoms with Crippen LogP contribution in [0.25, 0.3) is 0 Å². The van der Waals surface area contributed by atoms with Crippen LogP contribution in [-0.4, -0.2) is 16.4 Å². The van der Waals surface area contributed by atoms with E-state index in [0.29, 0.717) is 23.3 Å². The number of ether oxygens (including phenoxy) is 1. The largest absolute Gasteiger partial charge is 0.487 e. The van der Waals surface area contributed by atoms with Crippen LogP contribution in [0.5, 0.6) is 5.75 Å². The Hall–Kier alpha value is -2.11. The SMILES string of the molecule is CC(=O)Nc1c(C)c(C)c2c(c1[N+](=O)[O-])CC(C)(C)O2. The highest BCUT2D eigenvalue weighted by molar-refractivity contribution is 5.94. The fourth-order valence-electron chi connectivity index (χ4n) is 2.59. The smallest absolute Gasteiger partial charge is 0.300 e. The first-order valence-corrected chi connectivity index (χ1v) is 6.41. The molecule has 0 saturated carbocycles. The molecule has 0 saturated heterocycles. The van der Waals surface area contributed by atoms with Gasteiger partial charge in [-0.2, -0.15) is 0 Å². The van der Waals surface area contributed by atoms with Crippen molar-refractivity contribution < 1.29 is 14.5 Å². The lowest BCUT2D eigenvalue weighted by atomic mass is 9.95. The number of carbonyl (C=O) groups is 1. The molecule has 0 radical (unpaired) electrons. The summed E-state index contributed by atoms with van der Waals surface area (Å²) in [6, 6.07) is 0. The van der Waals surface area contributed by atoms with Gasteiger partial charge in [0.25, 0.3) is 5.69 Å².